The molecule has 0 atom stereocenters. The SMILES string of the molecule is CCCOc1ccc(C(=O)CBr)cc1-c1nc(C)c(C)c(=O)[nH]1. The molecule has 2 aromatic rings. The number of Topliss-reactive ketones (excluding diaryl/α,β-unsaturated/α-hetero) is 1. The fourth-order valence-electron chi connectivity index (χ4n) is 2.08. The van der Waals surface area contributed by atoms with E-state index in [0.717, 1.165) is 6.42 Å². The summed E-state index contributed by atoms with van der Waals surface area (Å²) >= 11 is 3.17. The first-order valence-electron chi connectivity index (χ1n) is 7.41. The van der Waals surface area contributed by atoms with Crippen LogP contribution in [0.15, 0.2) is 23.0 Å². The van der Waals surface area contributed by atoms with Gasteiger partial charge in [0.25, 0.3) is 5.56 Å². The zero-order valence-corrected chi connectivity index (χ0v) is 15.0. The van der Waals surface area contributed by atoms with Crippen LogP contribution >= 0.6 is 15.9 Å². The van der Waals surface area contributed by atoms with Crippen molar-refractivity contribution >= 4 is 21.7 Å². The number of aromatic nitrogens is 2. The monoisotopic (exact) mass is 378 g/mol. The zero-order valence-electron chi connectivity index (χ0n) is 13.4. The van der Waals surface area contributed by atoms with Crippen LogP contribution in [-0.4, -0.2) is 27.7 Å². The number of nitrogens with zero attached hydrogens (tertiary/aromatic N) is 1. The number of nitrogens with one attached hydrogen (secondary N) is 1. The van der Waals surface area contributed by atoms with Gasteiger partial charge in [0.2, 0.25) is 0 Å². The number of rotatable bonds is 6. The van der Waals surface area contributed by atoms with Crippen LogP contribution in [0.4, 0.5) is 0 Å². The molecule has 0 aliphatic rings. The molecule has 0 aliphatic heterocycles. The maximum atomic E-state index is 12.0. The van der Waals surface area contributed by atoms with Gasteiger partial charge in [0.15, 0.2) is 5.78 Å². The van der Waals surface area contributed by atoms with Crippen molar-refractivity contribution in [1.29, 1.82) is 0 Å². The van der Waals surface area contributed by atoms with Crippen molar-refractivity contribution in [3.05, 3.63) is 45.4 Å². The number of H-pyrrole nitrogens is 1. The molecule has 0 radical (unpaired) electrons. The van der Waals surface area contributed by atoms with Gasteiger partial charge in [-0.3, -0.25) is 9.59 Å². The summed E-state index contributed by atoms with van der Waals surface area (Å²) < 4.78 is 5.73. The van der Waals surface area contributed by atoms with Crippen molar-refractivity contribution in [1.82, 2.24) is 9.97 Å². The number of halogens is 1. The molecule has 2 rings (SSSR count). The Kier molecular flexibility index (Phi) is 5.71. The molecule has 0 saturated heterocycles. The van der Waals surface area contributed by atoms with E-state index in [2.05, 4.69) is 25.9 Å². The lowest BCUT2D eigenvalue weighted by Crippen LogP contribution is -2.15. The summed E-state index contributed by atoms with van der Waals surface area (Å²) in [6.07, 6.45) is 0.860. The molecule has 0 amide bonds. The Morgan fingerprint density at radius 2 is 2.09 bits per heavy atom. The van der Waals surface area contributed by atoms with E-state index < -0.39 is 0 Å². The van der Waals surface area contributed by atoms with Gasteiger partial charge in [-0.05, 0) is 38.5 Å². The minimum atomic E-state index is -0.189. The third-order valence-electron chi connectivity index (χ3n) is 3.53. The fraction of sp³-hybridized carbons (Fsp3) is 0.353. The molecule has 122 valence electrons. The number of benzene rings is 1. The molecular formula is C17H19BrN2O3. The lowest BCUT2D eigenvalue weighted by molar-refractivity contribution is 0.102. The summed E-state index contributed by atoms with van der Waals surface area (Å²) in [4.78, 5) is 31.2. The average molecular weight is 379 g/mol. The first-order valence-corrected chi connectivity index (χ1v) is 8.54. The standard InChI is InChI=1S/C17H19BrN2O3/c1-4-7-23-15-6-5-12(14(21)9-18)8-13(15)16-19-11(3)10(2)17(22)20-16/h5-6,8H,4,7,9H2,1-3H3,(H,19,20,22). The van der Waals surface area contributed by atoms with Gasteiger partial charge in [0, 0.05) is 16.8 Å². The Bertz CT molecular complexity index is 784. The number of aryl methyl sites for hydroxylation is 1. The Labute approximate surface area is 143 Å². The predicted molar refractivity (Wildman–Crippen MR) is 93.7 cm³/mol. The highest BCUT2D eigenvalue weighted by atomic mass is 79.9. The van der Waals surface area contributed by atoms with E-state index in [-0.39, 0.29) is 16.7 Å². The highest BCUT2D eigenvalue weighted by Crippen LogP contribution is 2.29. The van der Waals surface area contributed by atoms with Crippen LogP contribution in [0.2, 0.25) is 0 Å². The second kappa shape index (κ2) is 7.55. The number of carbonyl (C=O) groups excluding carboxylic acids is 1. The van der Waals surface area contributed by atoms with Gasteiger partial charge in [0.1, 0.15) is 11.6 Å². The van der Waals surface area contributed by atoms with E-state index >= 15 is 0 Å². The van der Waals surface area contributed by atoms with Crippen molar-refractivity contribution < 1.29 is 9.53 Å². The molecule has 1 aromatic heterocycles. The fourth-order valence-corrected chi connectivity index (χ4v) is 2.40. The lowest BCUT2D eigenvalue weighted by Gasteiger charge is -2.12. The smallest absolute Gasteiger partial charge is 0.254 e. The molecule has 0 bridgehead atoms. The Morgan fingerprint density at radius 3 is 2.70 bits per heavy atom. The molecule has 1 N–H and O–H groups in total. The van der Waals surface area contributed by atoms with Crippen LogP contribution in [0.3, 0.4) is 0 Å². The van der Waals surface area contributed by atoms with E-state index in [0.29, 0.717) is 40.6 Å². The van der Waals surface area contributed by atoms with Crippen molar-refractivity contribution in [2.75, 3.05) is 11.9 Å². The van der Waals surface area contributed by atoms with Gasteiger partial charge in [0.05, 0.1) is 17.5 Å². The quantitative estimate of drug-likeness (QED) is 0.617. The first kappa shape index (κ1) is 17.4. The van der Waals surface area contributed by atoms with Gasteiger partial charge >= 0.3 is 0 Å². The van der Waals surface area contributed by atoms with Crippen molar-refractivity contribution in [2.45, 2.75) is 27.2 Å². The molecule has 6 heteroatoms. The van der Waals surface area contributed by atoms with Crippen LogP contribution in [0.5, 0.6) is 5.75 Å². The summed E-state index contributed by atoms with van der Waals surface area (Å²) in [5.74, 6) is 0.970. The zero-order chi connectivity index (χ0) is 17.0. The maximum absolute atomic E-state index is 12.0. The largest absolute Gasteiger partial charge is 0.493 e. The molecule has 0 spiro atoms. The molecule has 0 saturated carbocycles. The van der Waals surface area contributed by atoms with Crippen LogP contribution < -0.4 is 10.3 Å². The second-order valence-corrected chi connectivity index (χ2v) is 5.80. The second-order valence-electron chi connectivity index (χ2n) is 5.24. The van der Waals surface area contributed by atoms with E-state index in [1.54, 1.807) is 32.0 Å². The minimum absolute atomic E-state index is 0.0422. The van der Waals surface area contributed by atoms with Gasteiger partial charge in [-0.25, -0.2) is 4.98 Å². The Morgan fingerprint density at radius 1 is 1.35 bits per heavy atom. The summed E-state index contributed by atoms with van der Waals surface area (Å²) in [5, 5.41) is 0.235. The van der Waals surface area contributed by atoms with Crippen molar-refractivity contribution in [3.8, 4) is 17.1 Å². The van der Waals surface area contributed by atoms with Crippen molar-refractivity contribution in [2.24, 2.45) is 0 Å². The number of ether oxygens (including phenoxy) is 1. The molecule has 0 unspecified atom stereocenters. The van der Waals surface area contributed by atoms with Gasteiger partial charge in [-0.1, -0.05) is 22.9 Å². The highest BCUT2D eigenvalue weighted by molar-refractivity contribution is 9.09. The number of alkyl halides is 1. The van der Waals surface area contributed by atoms with Crippen LogP contribution in [-0.2, 0) is 0 Å². The number of ketones is 1. The van der Waals surface area contributed by atoms with E-state index in [4.69, 9.17) is 4.74 Å². The Balaban J connectivity index is 2.61. The van der Waals surface area contributed by atoms with E-state index in [9.17, 15) is 9.59 Å². The summed E-state index contributed by atoms with van der Waals surface area (Å²) in [7, 11) is 0. The number of hydrogen-bond acceptors (Lipinski definition) is 4. The van der Waals surface area contributed by atoms with Crippen molar-refractivity contribution in [3.63, 3.8) is 0 Å². The first-order chi connectivity index (χ1) is 11.0. The highest BCUT2D eigenvalue weighted by Gasteiger charge is 2.15. The number of hydrogen-bond donors (Lipinski definition) is 1. The van der Waals surface area contributed by atoms with Crippen LogP contribution in [0.25, 0.3) is 11.4 Å². The minimum Gasteiger partial charge on any atom is -0.493 e. The van der Waals surface area contributed by atoms with Crippen LogP contribution in [0.1, 0.15) is 35.0 Å². The molecule has 0 fully saturated rings. The molecule has 5 nitrogen and oxygen atoms in total. The van der Waals surface area contributed by atoms with Gasteiger partial charge in [-0.15, -0.1) is 0 Å². The summed E-state index contributed by atoms with van der Waals surface area (Å²) in [6, 6.07) is 5.18. The maximum Gasteiger partial charge on any atom is 0.254 e. The number of carbonyl (C=O) groups is 1. The topological polar surface area (TPSA) is 72.0 Å². The molecule has 0 aliphatic carbocycles. The van der Waals surface area contributed by atoms with Gasteiger partial charge < -0.3 is 9.72 Å². The molecule has 1 aromatic carbocycles. The van der Waals surface area contributed by atoms with Crippen LogP contribution in [0, 0.1) is 13.8 Å². The lowest BCUT2D eigenvalue weighted by atomic mass is 10.1. The normalized spacial score (nSPS) is 10.6. The summed E-state index contributed by atoms with van der Waals surface area (Å²) in [6.45, 7) is 6.07. The summed E-state index contributed by atoms with van der Waals surface area (Å²) in [5.41, 5.74) is 2.21. The van der Waals surface area contributed by atoms with Gasteiger partial charge in [-0.2, -0.15) is 0 Å². The predicted octanol–water partition coefficient (Wildman–Crippen LogP) is 3.42. The molecular weight excluding hydrogens is 360 g/mol. The van der Waals surface area contributed by atoms with E-state index in [1.165, 1.54) is 0 Å². The third-order valence-corrected chi connectivity index (χ3v) is 4.04. The number of aromatic amines is 1. The Hall–Kier alpha value is -1.95. The average Bonchev–Trinajstić information content (AvgIpc) is 2.56. The molecule has 23 heavy (non-hydrogen) atoms. The molecule has 1 heterocycles. The van der Waals surface area contributed by atoms with E-state index in [1.807, 2.05) is 6.92 Å². The third kappa shape index (κ3) is 3.88.